The zero-order valence-electron chi connectivity index (χ0n) is 6.47. The molecular weight excluding hydrogens is 270 g/mol. The monoisotopic (exact) mass is 270 g/mol. The third-order valence-electron chi connectivity index (χ3n) is 1.68. The first-order valence-corrected chi connectivity index (χ1v) is 5.26. The highest BCUT2D eigenvalue weighted by molar-refractivity contribution is 7.93. The molecule has 0 unspecified atom stereocenters. The van der Waals surface area contributed by atoms with Gasteiger partial charge in [-0.3, -0.25) is 0 Å². The smallest absolute Gasteiger partial charge is 0.171 e. The van der Waals surface area contributed by atoms with E-state index in [9.17, 15) is 3.89 Å². The summed E-state index contributed by atoms with van der Waals surface area (Å²) in [6, 6.07) is 3.04. The van der Waals surface area contributed by atoms with Crippen LogP contribution in [0.2, 0.25) is 15.3 Å². The first kappa shape index (κ1) is 10.4. The molecule has 0 bridgehead atoms. The second-order valence-corrected chi connectivity index (χ2v) is 4.15. The summed E-state index contributed by atoms with van der Waals surface area (Å²) in [7, 11) is 0. The number of rotatable bonds is 1. The Kier molecular flexibility index (Phi) is 2.79. The minimum atomic E-state index is -0.0109. The minimum Gasteiger partial charge on any atom is -0.244 e. The van der Waals surface area contributed by atoms with Crippen LogP contribution in [0.1, 0.15) is 0 Å². The molecule has 2 aromatic rings. The fourth-order valence-corrected chi connectivity index (χ4v) is 2.00. The van der Waals surface area contributed by atoms with Gasteiger partial charge in [-0.05, 0) is 6.07 Å². The Morgan fingerprint density at radius 2 is 2.00 bits per heavy atom. The maximum absolute atomic E-state index is 12.5. The second-order valence-electron chi connectivity index (χ2n) is 2.50. The number of nitrogens with zero attached hydrogens (tertiary/aromatic N) is 2. The van der Waals surface area contributed by atoms with Gasteiger partial charge in [-0.1, -0.05) is 34.8 Å². The molecule has 74 valence electrons. The first-order chi connectivity index (χ1) is 6.63. The van der Waals surface area contributed by atoms with Crippen LogP contribution in [0.25, 0.3) is 11.0 Å². The highest BCUT2D eigenvalue weighted by Gasteiger charge is 2.11. The minimum absolute atomic E-state index is 0.0109. The summed E-state index contributed by atoms with van der Waals surface area (Å²) < 4.78 is 13.6. The van der Waals surface area contributed by atoms with E-state index >= 15 is 0 Å². The average Bonchev–Trinajstić information content (AvgIpc) is 2.42. The van der Waals surface area contributed by atoms with Gasteiger partial charge in [0.25, 0.3) is 0 Å². The Balaban J connectivity index is 2.82. The zero-order chi connectivity index (χ0) is 10.3. The van der Waals surface area contributed by atoms with Crippen molar-refractivity contribution < 1.29 is 3.89 Å². The lowest BCUT2D eigenvalue weighted by Crippen LogP contribution is -1.84. The van der Waals surface area contributed by atoms with Gasteiger partial charge in [0, 0.05) is 6.07 Å². The normalized spacial score (nSPS) is 11.1. The van der Waals surface area contributed by atoms with Crippen molar-refractivity contribution in [2.75, 3.05) is 0 Å². The SMILES string of the molecule is FSn1c(Cl)cc2nc(Cl)c(Cl)cc21. The number of pyridine rings is 1. The summed E-state index contributed by atoms with van der Waals surface area (Å²) in [4.78, 5) is 3.95. The molecule has 0 radical (unpaired) electrons. The molecule has 0 atom stereocenters. The van der Waals surface area contributed by atoms with Crippen LogP contribution in [0.15, 0.2) is 12.1 Å². The molecule has 0 spiro atoms. The number of halogens is 4. The van der Waals surface area contributed by atoms with Crippen LogP contribution in [-0.2, 0) is 0 Å². The third kappa shape index (κ3) is 1.56. The van der Waals surface area contributed by atoms with Crippen LogP contribution in [-0.4, -0.2) is 8.96 Å². The molecule has 0 N–H and O–H groups in total. The van der Waals surface area contributed by atoms with Gasteiger partial charge in [-0.2, -0.15) is 0 Å². The number of fused-ring (bicyclic) bond motifs is 1. The quantitative estimate of drug-likeness (QED) is 0.716. The van der Waals surface area contributed by atoms with E-state index in [4.69, 9.17) is 34.8 Å². The van der Waals surface area contributed by atoms with Crippen molar-refractivity contribution in [1.29, 1.82) is 0 Å². The number of aromatic nitrogens is 2. The van der Waals surface area contributed by atoms with Gasteiger partial charge in [-0.25, -0.2) is 8.96 Å². The lowest BCUT2D eigenvalue weighted by atomic mass is 10.4. The Morgan fingerprint density at radius 3 is 2.64 bits per heavy atom. The standard InChI is InChI=1S/C7H2Cl3FN2S/c8-3-1-5-4(12-7(3)10)2-6(9)13(5)14-11/h1-2H. The van der Waals surface area contributed by atoms with Crippen molar-refractivity contribution in [2.45, 2.75) is 0 Å². The number of hydrogen-bond donors (Lipinski definition) is 0. The molecule has 0 saturated heterocycles. The second kappa shape index (κ2) is 3.77. The fraction of sp³-hybridized carbons (Fsp3) is 0. The van der Waals surface area contributed by atoms with Gasteiger partial charge in [0.1, 0.15) is 10.3 Å². The Hall–Kier alpha value is -0.160. The van der Waals surface area contributed by atoms with E-state index in [1.54, 1.807) is 0 Å². The molecule has 0 aliphatic carbocycles. The van der Waals surface area contributed by atoms with Gasteiger partial charge in [0.05, 0.1) is 16.1 Å². The van der Waals surface area contributed by atoms with Crippen molar-refractivity contribution in [3.63, 3.8) is 0 Å². The molecule has 0 fully saturated rings. The van der Waals surface area contributed by atoms with Crippen LogP contribution in [0.3, 0.4) is 0 Å². The molecule has 2 nitrogen and oxygen atoms in total. The summed E-state index contributed by atoms with van der Waals surface area (Å²) in [5.74, 6) is 0. The lowest BCUT2D eigenvalue weighted by molar-refractivity contribution is 0.921. The predicted molar refractivity (Wildman–Crippen MR) is 58.9 cm³/mol. The molecule has 14 heavy (non-hydrogen) atoms. The molecule has 2 heterocycles. The molecule has 2 rings (SSSR count). The third-order valence-corrected chi connectivity index (χ3v) is 3.26. The highest BCUT2D eigenvalue weighted by Crippen LogP contribution is 2.31. The average molecular weight is 272 g/mol. The maximum Gasteiger partial charge on any atom is 0.171 e. The summed E-state index contributed by atoms with van der Waals surface area (Å²) in [6.07, 6.45) is 0. The summed E-state index contributed by atoms with van der Waals surface area (Å²) in [5, 5.41) is 0.680. The van der Waals surface area contributed by atoms with E-state index in [1.807, 2.05) is 0 Å². The van der Waals surface area contributed by atoms with Gasteiger partial charge in [-0.15, -0.1) is 3.89 Å². The van der Waals surface area contributed by atoms with E-state index in [0.29, 0.717) is 11.0 Å². The van der Waals surface area contributed by atoms with Gasteiger partial charge < -0.3 is 0 Å². The van der Waals surface area contributed by atoms with E-state index in [1.165, 1.54) is 16.1 Å². The molecule has 0 saturated carbocycles. The van der Waals surface area contributed by atoms with E-state index in [-0.39, 0.29) is 27.7 Å². The Morgan fingerprint density at radius 1 is 1.29 bits per heavy atom. The Labute approximate surface area is 98.4 Å². The van der Waals surface area contributed by atoms with Crippen molar-refractivity contribution in [2.24, 2.45) is 0 Å². The van der Waals surface area contributed by atoms with Crippen LogP contribution in [0, 0.1) is 0 Å². The number of hydrogen-bond acceptors (Lipinski definition) is 2. The van der Waals surface area contributed by atoms with Gasteiger partial charge in [0.2, 0.25) is 0 Å². The van der Waals surface area contributed by atoms with E-state index in [0.717, 1.165) is 0 Å². The Bertz CT molecular complexity index is 499. The first-order valence-electron chi connectivity index (χ1n) is 3.45. The summed E-state index contributed by atoms with van der Waals surface area (Å²) >= 11 is 17.2. The molecule has 0 aromatic carbocycles. The van der Waals surface area contributed by atoms with E-state index in [2.05, 4.69) is 4.98 Å². The molecule has 0 aliphatic heterocycles. The molecule has 0 aliphatic rings. The fourth-order valence-electron chi connectivity index (χ4n) is 1.10. The zero-order valence-corrected chi connectivity index (χ0v) is 9.55. The highest BCUT2D eigenvalue weighted by atomic mass is 35.5. The van der Waals surface area contributed by atoms with Crippen LogP contribution >= 0.6 is 47.1 Å². The van der Waals surface area contributed by atoms with Crippen LogP contribution in [0.4, 0.5) is 3.89 Å². The maximum atomic E-state index is 12.5. The van der Waals surface area contributed by atoms with Gasteiger partial charge >= 0.3 is 0 Å². The molecule has 2 aromatic heterocycles. The van der Waals surface area contributed by atoms with E-state index < -0.39 is 0 Å². The van der Waals surface area contributed by atoms with Crippen LogP contribution in [0.5, 0.6) is 0 Å². The van der Waals surface area contributed by atoms with Gasteiger partial charge in [0.15, 0.2) is 12.3 Å². The summed E-state index contributed by atoms with van der Waals surface area (Å²) in [6.45, 7) is 0. The lowest BCUT2D eigenvalue weighted by Gasteiger charge is -1.98. The predicted octanol–water partition coefficient (Wildman–Crippen LogP) is 4.38. The molecular formula is C7H2Cl3FN2S. The van der Waals surface area contributed by atoms with Crippen molar-refractivity contribution >= 4 is 58.2 Å². The van der Waals surface area contributed by atoms with Crippen molar-refractivity contribution in [3.05, 3.63) is 27.5 Å². The molecule has 7 heteroatoms. The van der Waals surface area contributed by atoms with Crippen molar-refractivity contribution in [1.82, 2.24) is 8.96 Å². The largest absolute Gasteiger partial charge is 0.244 e. The van der Waals surface area contributed by atoms with Crippen molar-refractivity contribution in [3.8, 4) is 0 Å². The topological polar surface area (TPSA) is 17.8 Å². The summed E-state index contributed by atoms with van der Waals surface area (Å²) in [5.41, 5.74) is 1.01. The van der Waals surface area contributed by atoms with Crippen LogP contribution < -0.4 is 0 Å². The molecule has 0 amide bonds.